The van der Waals surface area contributed by atoms with E-state index in [1.165, 1.54) is 0 Å². The molecule has 1 amide bonds. The van der Waals surface area contributed by atoms with Crippen LogP contribution in [0, 0.1) is 6.92 Å². The number of hydrogen-bond donors (Lipinski definition) is 0. The Hall–Kier alpha value is -2.44. The van der Waals surface area contributed by atoms with Gasteiger partial charge in [0.25, 0.3) is 5.91 Å². The summed E-state index contributed by atoms with van der Waals surface area (Å²) < 4.78 is 5.05. The number of aryl methyl sites for hydroxylation is 1. The zero-order valence-corrected chi connectivity index (χ0v) is 13.0. The van der Waals surface area contributed by atoms with Crippen LogP contribution in [0.3, 0.4) is 0 Å². The molecule has 3 heterocycles. The van der Waals surface area contributed by atoms with E-state index in [1.807, 2.05) is 23.9 Å². The van der Waals surface area contributed by atoms with Crippen LogP contribution >= 0.6 is 0 Å². The number of hydrogen-bond acceptors (Lipinski definition) is 6. The highest BCUT2D eigenvalue weighted by Crippen LogP contribution is 2.31. The molecule has 116 valence electrons. The van der Waals surface area contributed by atoms with Gasteiger partial charge in [-0.1, -0.05) is 5.16 Å². The van der Waals surface area contributed by atoms with E-state index in [1.54, 1.807) is 25.3 Å². The van der Waals surface area contributed by atoms with E-state index in [4.69, 9.17) is 4.52 Å². The smallest absolute Gasteiger partial charge is 0.254 e. The largest absolute Gasteiger partial charge is 0.363 e. The number of aromatic nitrogens is 3. The van der Waals surface area contributed by atoms with E-state index >= 15 is 0 Å². The average molecular weight is 301 g/mol. The van der Waals surface area contributed by atoms with E-state index in [2.05, 4.69) is 15.1 Å². The second-order valence-corrected chi connectivity index (χ2v) is 5.63. The molecule has 0 aromatic carbocycles. The number of amides is 1. The first-order valence-electron chi connectivity index (χ1n) is 7.31. The third kappa shape index (κ3) is 2.66. The minimum atomic E-state index is -0.110. The molecule has 7 nitrogen and oxygen atoms in total. The fourth-order valence-electron chi connectivity index (χ4n) is 2.69. The van der Waals surface area contributed by atoms with E-state index in [9.17, 15) is 4.79 Å². The summed E-state index contributed by atoms with van der Waals surface area (Å²) in [5.74, 6) is 1.85. The second-order valence-electron chi connectivity index (χ2n) is 5.63. The van der Waals surface area contributed by atoms with Crippen molar-refractivity contribution < 1.29 is 9.32 Å². The highest BCUT2D eigenvalue weighted by atomic mass is 16.5. The summed E-state index contributed by atoms with van der Waals surface area (Å²) in [6, 6.07) is 3.44. The van der Waals surface area contributed by atoms with Crippen molar-refractivity contribution >= 4 is 11.7 Å². The Kier molecular flexibility index (Phi) is 3.79. The molecule has 2 aromatic rings. The van der Waals surface area contributed by atoms with Crippen LogP contribution < -0.4 is 4.90 Å². The van der Waals surface area contributed by atoms with Crippen LogP contribution in [-0.4, -0.2) is 46.6 Å². The lowest BCUT2D eigenvalue weighted by atomic mass is 10.1. The molecule has 1 aliphatic rings. The summed E-state index contributed by atoms with van der Waals surface area (Å²) in [6.45, 7) is 2.46. The zero-order valence-electron chi connectivity index (χ0n) is 13.0. The summed E-state index contributed by atoms with van der Waals surface area (Å²) in [5, 5.41) is 3.97. The number of anilines is 1. The summed E-state index contributed by atoms with van der Waals surface area (Å²) in [5.41, 5.74) is 0.630. The molecular formula is C15H19N5O2. The van der Waals surface area contributed by atoms with Crippen molar-refractivity contribution in [2.75, 3.05) is 25.5 Å². The lowest BCUT2D eigenvalue weighted by Gasteiger charge is -2.22. The van der Waals surface area contributed by atoms with E-state index in [0.29, 0.717) is 23.8 Å². The van der Waals surface area contributed by atoms with Gasteiger partial charge >= 0.3 is 0 Å². The van der Waals surface area contributed by atoms with Gasteiger partial charge in [-0.3, -0.25) is 4.79 Å². The van der Waals surface area contributed by atoms with E-state index in [0.717, 1.165) is 18.7 Å². The van der Waals surface area contributed by atoms with Crippen molar-refractivity contribution in [3.05, 3.63) is 35.6 Å². The Morgan fingerprint density at radius 1 is 1.45 bits per heavy atom. The molecule has 0 spiro atoms. The fourth-order valence-corrected chi connectivity index (χ4v) is 2.69. The third-order valence-electron chi connectivity index (χ3n) is 3.81. The highest BCUT2D eigenvalue weighted by Gasteiger charge is 2.33. The quantitative estimate of drug-likeness (QED) is 0.860. The van der Waals surface area contributed by atoms with Crippen molar-refractivity contribution in [3.63, 3.8) is 0 Å². The molecule has 0 bridgehead atoms. The van der Waals surface area contributed by atoms with Crippen LogP contribution in [-0.2, 0) is 0 Å². The zero-order chi connectivity index (χ0) is 15.7. The molecule has 22 heavy (non-hydrogen) atoms. The van der Waals surface area contributed by atoms with Gasteiger partial charge in [-0.2, -0.15) is 4.98 Å². The van der Waals surface area contributed by atoms with Crippen molar-refractivity contribution in [2.24, 2.45) is 0 Å². The predicted octanol–water partition coefficient (Wildman–Crippen LogP) is 1.82. The Balaban J connectivity index is 1.86. The van der Waals surface area contributed by atoms with Crippen molar-refractivity contribution in [3.8, 4) is 0 Å². The third-order valence-corrected chi connectivity index (χ3v) is 3.81. The minimum absolute atomic E-state index is 0.0181. The molecule has 0 N–H and O–H groups in total. The van der Waals surface area contributed by atoms with Crippen LogP contribution in [0.25, 0.3) is 0 Å². The van der Waals surface area contributed by atoms with Crippen molar-refractivity contribution in [2.45, 2.75) is 25.8 Å². The molecule has 2 aromatic heterocycles. The normalized spacial score (nSPS) is 17.8. The van der Waals surface area contributed by atoms with E-state index in [-0.39, 0.29) is 11.9 Å². The number of nitrogens with zero attached hydrogens (tertiary/aromatic N) is 5. The molecule has 0 saturated carbocycles. The van der Waals surface area contributed by atoms with Gasteiger partial charge < -0.3 is 14.3 Å². The molecule has 1 saturated heterocycles. The number of carbonyl (C=O) groups is 1. The van der Waals surface area contributed by atoms with Crippen LogP contribution in [0.15, 0.2) is 22.9 Å². The van der Waals surface area contributed by atoms with Crippen LogP contribution in [0.4, 0.5) is 5.82 Å². The molecule has 1 fully saturated rings. The summed E-state index contributed by atoms with van der Waals surface area (Å²) in [4.78, 5) is 25.0. The maximum absolute atomic E-state index is 12.8. The van der Waals surface area contributed by atoms with Gasteiger partial charge in [0.05, 0.1) is 6.04 Å². The molecule has 1 unspecified atom stereocenters. The highest BCUT2D eigenvalue weighted by molar-refractivity contribution is 5.95. The fraction of sp³-hybridized carbons (Fsp3) is 0.467. The Morgan fingerprint density at radius 3 is 2.95 bits per heavy atom. The molecule has 0 aliphatic carbocycles. The second kappa shape index (κ2) is 5.75. The molecule has 7 heteroatoms. The molecule has 0 radical (unpaired) electrons. The van der Waals surface area contributed by atoms with Gasteiger partial charge in [0.1, 0.15) is 5.82 Å². The summed E-state index contributed by atoms with van der Waals surface area (Å²) >= 11 is 0. The lowest BCUT2D eigenvalue weighted by molar-refractivity contribution is 0.0728. The Morgan fingerprint density at radius 2 is 2.27 bits per heavy atom. The minimum Gasteiger partial charge on any atom is -0.363 e. The number of carbonyl (C=O) groups excluding carboxylic acids is 1. The lowest BCUT2D eigenvalue weighted by Crippen LogP contribution is -2.31. The monoisotopic (exact) mass is 301 g/mol. The van der Waals surface area contributed by atoms with Crippen molar-refractivity contribution in [1.82, 2.24) is 20.0 Å². The maximum atomic E-state index is 12.8. The van der Waals surface area contributed by atoms with Gasteiger partial charge in [-0.15, -0.1) is 0 Å². The molecule has 1 atom stereocenters. The van der Waals surface area contributed by atoms with Crippen LogP contribution in [0.5, 0.6) is 0 Å². The average Bonchev–Trinajstić information content (AvgIpc) is 3.15. The van der Waals surface area contributed by atoms with Crippen molar-refractivity contribution in [1.29, 1.82) is 0 Å². The summed E-state index contributed by atoms with van der Waals surface area (Å²) in [6.07, 6.45) is 3.46. The molecule has 3 rings (SSSR count). The topological polar surface area (TPSA) is 75.4 Å². The summed E-state index contributed by atoms with van der Waals surface area (Å²) in [7, 11) is 3.80. The number of pyridine rings is 1. The first-order valence-corrected chi connectivity index (χ1v) is 7.31. The SMILES string of the molecule is Cc1nc(C2CCCN2C(=O)c2ccnc(N(C)C)c2)no1. The van der Waals surface area contributed by atoms with Gasteiger partial charge in [0, 0.05) is 39.3 Å². The van der Waals surface area contributed by atoms with E-state index < -0.39 is 0 Å². The molecule has 1 aliphatic heterocycles. The Bertz CT molecular complexity index is 682. The van der Waals surface area contributed by atoms with Crippen LogP contribution in [0.1, 0.15) is 41.0 Å². The first-order chi connectivity index (χ1) is 10.6. The van der Waals surface area contributed by atoms with Gasteiger partial charge in [0.15, 0.2) is 5.82 Å². The van der Waals surface area contributed by atoms with Crippen LogP contribution in [0.2, 0.25) is 0 Å². The Labute approximate surface area is 128 Å². The standard InChI is InChI=1S/C15H19N5O2/c1-10-17-14(18-22-10)12-5-4-8-20(12)15(21)11-6-7-16-13(9-11)19(2)3/h6-7,9,12H,4-5,8H2,1-3H3. The predicted molar refractivity (Wildman–Crippen MR) is 80.6 cm³/mol. The van der Waals surface area contributed by atoms with Gasteiger partial charge in [-0.25, -0.2) is 4.98 Å². The van der Waals surface area contributed by atoms with Gasteiger partial charge in [-0.05, 0) is 25.0 Å². The number of likely N-dealkylation sites (tertiary alicyclic amines) is 1. The first kappa shape index (κ1) is 14.5. The maximum Gasteiger partial charge on any atom is 0.254 e. The van der Waals surface area contributed by atoms with Gasteiger partial charge in [0.2, 0.25) is 5.89 Å². The number of rotatable bonds is 3. The molecular weight excluding hydrogens is 282 g/mol.